The summed E-state index contributed by atoms with van der Waals surface area (Å²) in [6, 6.07) is 12.9. The molecular weight excluding hydrogens is 500 g/mol. The van der Waals surface area contributed by atoms with Crippen LogP contribution < -0.4 is 10.9 Å². The normalized spacial score (nSPS) is 11.5. The number of carbonyl (C=O) groups excluding carboxylic acids is 2. The second-order valence-corrected chi connectivity index (χ2v) is 10.5. The van der Waals surface area contributed by atoms with Crippen molar-refractivity contribution in [1.82, 2.24) is 14.5 Å². The first-order chi connectivity index (χ1) is 17.0. The van der Waals surface area contributed by atoms with E-state index in [9.17, 15) is 14.4 Å². The van der Waals surface area contributed by atoms with Gasteiger partial charge in [0.2, 0.25) is 5.95 Å². The number of hydrogen-bond acceptors (Lipinski definition) is 8. The minimum Gasteiger partial charge on any atom is -0.452 e. The highest BCUT2D eigenvalue weighted by Gasteiger charge is 2.31. The molecule has 2 aromatic heterocycles. The van der Waals surface area contributed by atoms with E-state index in [4.69, 9.17) is 16.3 Å². The van der Waals surface area contributed by atoms with Gasteiger partial charge in [-0.3, -0.25) is 19.0 Å². The fraction of sp³-hybridized carbons (Fsp3) is 0.269. The average Bonchev–Trinajstić information content (AvgIpc) is 3.17. The van der Waals surface area contributed by atoms with Gasteiger partial charge >= 0.3 is 5.97 Å². The van der Waals surface area contributed by atoms with E-state index >= 15 is 0 Å². The standard InChI is InChI=1S/C26H25ClN4O4S/c1-15-29-21-10-9-20(12-22(21)36-15)30-25-28-13-18(11-23(33)26(3,4)35-16(2)32)24(34)31(25)14-17-5-7-19(27)8-6-17/h5-10,12-13H,11,14H2,1-4H3,(H,28,30). The lowest BCUT2D eigenvalue weighted by Gasteiger charge is -2.23. The smallest absolute Gasteiger partial charge is 0.303 e. The van der Waals surface area contributed by atoms with E-state index in [1.807, 2.05) is 37.3 Å². The molecular formula is C26H25ClN4O4S. The van der Waals surface area contributed by atoms with E-state index in [1.54, 1.807) is 23.5 Å². The highest BCUT2D eigenvalue weighted by Crippen LogP contribution is 2.26. The minimum atomic E-state index is -1.36. The van der Waals surface area contributed by atoms with E-state index < -0.39 is 17.4 Å². The molecule has 8 nitrogen and oxygen atoms in total. The van der Waals surface area contributed by atoms with Crippen LogP contribution in [-0.2, 0) is 27.3 Å². The largest absolute Gasteiger partial charge is 0.452 e. The number of nitrogens with zero attached hydrogens (tertiary/aromatic N) is 3. The Balaban J connectivity index is 1.71. The predicted molar refractivity (Wildman–Crippen MR) is 141 cm³/mol. The molecule has 0 amide bonds. The molecule has 0 radical (unpaired) electrons. The Hall–Kier alpha value is -3.56. The summed E-state index contributed by atoms with van der Waals surface area (Å²) in [5.41, 5.74) is 0.959. The van der Waals surface area contributed by atoms with Crippen LogP contribution in [0.1, 0.15) is 36.9 Å². The number of benzene rings is 2. The van der Waals surface area contributed by atoms with Crippen molar-refractivity contribution in [3.05, 3.63) is 80.2 Å². The molecule has 0 aliphatic rings. The number of ether oxygens (including phenoxy) is 1. The van der Waals surface area contributed by atoms with Crippen LogP contribution in [0.2, 0.25) is 5.02 Å². The number of anilines is 2. The van der Waals surface area contributed by atoms with Crippen LogP contribution in [-0.4, -0.2) is 31.9 Å². The number of ketones is 1. The van der Waals surface area contributed by atoms with E-state index in [0.717, 1.165) is 26.5 Å². The third-order valence-corrected chi connectivity index (χ3v) is 6.73. The van der Waals surface area contributed by atoms with E-state index in [0.29, 0.717) is 11.0 Å². The lowest BCUT2D eigenvalue weighted by atomic mass is 9.98. The molecule has 10 heteroatoms. The van der Waals surface area contributed by atoms with Crippen LogP contribution in [0.15, 0.2) is 53.5 Å². The molecule has 1 N–H and O–H groups in total. The van der Waals surface area contributed by atoms with Crippen LogP contribution in [0.4, 0.5) is 11.6 Å². The van der Waals surface area contributed by atoms with Gasteiger partial charge in [0.15, 0.2) is 11.4 Å². The van der Waals surface area contributed by atoms with Crippen LogP contribution in [0.5, 0.6) is 0 Å². The van der Waals surface area contributed by atoms with Gasteiger partial charge < -0.3 is 10.1 Å². The number of halogens is 1. The van der Waals surface area contributed by atoms with Crippen LogP contribution in [0.25, 0.3) is 10.2 Å². The van der Waals surface area contributed by atoms with E-state index in [1.165, 1.54) is 31.5 Å². The maximum Gasteiger partial charge on any atom is 0.303 e. The Labute approximate surface area is 216 Å². The molecule has 0 unspecified atom stereocenters. The topological polar surface area (TPSA) is 103 Å². The number of rotatable bonds is 8. The van der Waals surface area contributed by atoms with Crippen molar-refractivity contribution in [3.63, 3.8) is 0 Å². The molecule has 2 heterocycles. The Morgan fingerprint density at radius 1 is 1.17 bits per heavy atom. The van der Waals surface area contributed by atoms with Crippen LogP contribution >= 0.6 is 22.9 Å². The Kier molecular flexibility index (Phi) is 7.23. The lowest BCUT2D eigenvalue weighted by molar-refractivity contribution is -0.161. The molecule has 0 saturated heterocycles. The van der Waals surface area contributed by atoms with Gasteiger partial charge in [-0.2, -0.15) is 0 Å². The Bertz CT molecular complexity index is 1510. The Morgan fingerprint density at radius 2 is 1.89 bits per heavy atom. The first-order valence-electron chi connectivity index (χ1n) is 11.2. The highest BCUT2D eigenvalue weighted by molar-refractivity contribution is 7.18. The summed E-state index contributed by atoms with van der Waals surface area (Å²) in [7, 11) is 0. The second kappa shape index (κ2) is 10.2. The first-order valence-corrected chi connectivity index (χ1v) is 12.4. The zero-order chi connectivity index (χ0) is 26.0. The minimum absolute atomic E-state index is 0.202. The number of esters is 1. The summed E-state index contributed by atoms with van der Waals surface area (Å²) in [4.78, 5) is 46.7. The van der Waals surface area contributed by atoms with Crippen molar-refractivity contribution >= 4 is 56.5 Å². The highest BCUT2D eigenvalue weighted by atomic mass is 35.5. The van der Waals surface area contributed by atoms with Crippen molar-refractivity contribution in [2.24, 2.45) is 0 Å². The summed E-state index contributed by atoms with van der Waals surface area (Å²) >= 11 is 7.60. The molecule has 0 fully saturated rings. The van der Waals surface area contributed by atoms with E-state index in [2.05, 4.69) is 15.3 Å². The molecule has 2 aromatic carbocycles. The number of aryl methyl sites for hydroxylation is 1. The lowest BCUT2D eigenvalue weighted by Crippen LogP contribution is -2.39. The molecule has 0 spiro atoms. The van der Waals surface area contributed by atoms with Gasteiger partial charge in [-0.1, -0.05) is 23.7 Å². The number of fused-ring (bicyclic) bond motifs is 1. The van der Waals surface area contributed by atoms with Gasteiger partial charge in [0.05, 0.1) is 21.8 Å². The third kappa shape index (κ3) is 5.80. The Morgan fingerprint density at radius 3 is 2.58 bits per heavy atom. The summed E-state index contributed by atoms with van der Waals surface area (Å²) in [5, 5.41) is 4.78. The number of hydrogen-bond donors (Lipinski definition) is 1. The fourth-order valence-electron chi connectivity index (χ4n) is 3.72. The van der Waals surface area contributed by atoms with Gasteiger partial charge in [0.1, 0.15) is 0 Å². The second-order valence-electron chi connectivity index (χ2n) is 8.87. The van der Waals surface area contributed by atoms with Crippen molar-refractivity contribution in [3.8, 4) is 0 Å². The molecule has 0 bridgehead atoms. The number of carbonyl (C=O) groups is 2. The van der Waals surface area contributed by atoms with Crippen LogP contribution in [0, 0.1) is 6.92 Å². The van der Waals surface area contributed by atoms with Crippen molar-refractivity contribution < 1.29 is 14.3 Å². The average molecular weight is 525 g/mol. The zero-order valence-electron chi connectivity index (χ0n) is 20.3. The quantitative estimate of drug-likeness (QED) is 0.321. The summed E-state index contributed by atoms with van der Waals surface area (Å²) < 4.78 is 7.63. The number of thiazole rings is 1. The molecule has 0 saturated carbocycles. The summed E-state index contributed by atoms with van der Waals surface area (Å²) in [5.74, 6) is -0.647. The van der Waals surface area contributed by atoms with Crippen molar-refractivity contribution in [2.75, 3.05) is 5.32 Å². The van der Waals surface area contributed by atoms with E-state index in [-0.39, 0.29) is 24.1 Å². The van der Waals surface area contributed by atoms with Gasteiger partial charge in [-0.25, -0.2) is 9.97 Å². The molecule has 186 valence electrons. The fourth-order valence-corrected chi connectivity index (χ4v) is 4.71. The first kappa shape index (κ1) is 25.5. The number of Topliss-reactive ketones (excluding diaryl/α,β-unsaturated/α-hetero) is 1. The molecule has 36 heavy (non-hydrogen) atoms. The molecule has 0 atom stereocenters. The van der Waals surface area contributed by atoms with Gasteiger partial charge in [0.25, 0.3) is 5.56 Å². The number of nitrogens with one attached hydrogen (secondary N) is 1. The monoisotopic (exact) mass is 524 g/mol. The van der Waals surface area contributed by atoms with Gasteiger partial charge in [0, 0.05) is 35.8 Å². The van der Waals surface area contributed by atoms with Gasteiger partial charge in [-0.15, -0.1) is 11.3 Å². The summed E-state index contributed by atoms with van der Waals surface area (Å²) in [6.07, 6.45) is 1.17. The summed E-state index contributed by atoms with van der Waals surface area (Å²) in [6.45, 7) is 6.41. The molecule has 0 aliphatic heterocycles. The molecule has 4 aromatic rings. The van der Waals surface area contributed by atoms with Gasteiger partial charge in [-0.05, 0) is 56.7 Å². The maximum atomic E-state index is 13.5. The third-order valence-electron chi connectivity index (χ3n) is 5.55. The van der Waals surface area contributed by atoms with Crippen molar-refractivity contribution in [2.45, 2.75) is 46.3 Å². The number of aromatic nitrogens is 3. The van der Waals surface area contributed by atoms with Crippen molar-refractivity contribution in [1.29, 1.82) is 0 Å². The maximum absolute atomic E-state index is 13.5. The zero-order valence-corrected chi connectivity index (χ0v) is 21.9. The van der Waals surface area contributed by atoms with Crippen LogP contribution in [0.3, 0.4) is 0 Å². The predicted octanol–water partition coefficient (Wildman–Crippen LogP) is 5.06. The molecule has 0 aliphatic carbocycles. The SMILES string of the molecule is CC(=O)OC(C)(C)C(=O)Cc1cnc(Nc2ccc3nc(C)sc3c2)n(Cc2ccc(Cl)cc2)c1=O. The molecule has 4 rings (SSSR count).